The number of phenols is 2. The smallest absolute Gasteiger partial charge is 0.161 e. The van der Waals surface area contributed by atoms with Gasteiger partial charge in [0.25, 0.3) is 0 Å². The van der Waals surface area contributed by atoms with E-state index in [4.69, 9.17) is 18.9 Å². The van der Waals surface area contributed by atoms with E-state index in [2.05, 4.69) is 53.7 Å². The summed E-state index contributed by atoms with van der Waals surface area (Å²) in [7, 11) is 0. The van der Waals surface area contributed by atoms with Crippen LogP contribution in [0.25, 0.3) is 0 Å². The molecule has 0 heterocycles. The fourth-order valence-electron chi connectivity index (χ4n) is 7.72. The van der Waals surface area contributed by atoms with Crippen LogP contribution in [0.2, 0.25) is 0 Å². The first kappa shape index (κ1) is 35.4. The molecule has 2 aliphatic carbocycles. The molecule has 6 nitrogen and oxygen atoms in total. The van der Waals surface area contributed by atoms with Crippen molar-refractivity contribution in [1.82, 2.24) is 0 Å². The second kappa shape index (κ2) is 15.9. The second-order valence-corrected chi connectivity index (χ2v) is 14.7. The molecule has 0 atom stereocenters. The van der Waals surface area contributed by atoms with E-state index < -0.39 is 0 Å². The highest BCUT2D eigenvalue weighted by Crippen LogP contribution is 2.64. The maximum absolute atomic E-state index is 11.2. The fraction of sp³-hybridized carbons (Fsp3) is 0.692. The van der Waals surface area contributed by atoms with E-state index >= 15 is 0 Å². The molecule has 2 aliphatic rings. The van der Waals surface area contributed by atoms with Gasteiger partial charge < -0.3 is 29.2 Å². The summed E-state index contributed by atoms with van der Waals surface area (Å²) in [4.78, 5) is 0. The summed E-state index contributed by atoms with van der Waals surface area (Å²) in [6.45, 7) is 17.5. The van der Waals surface area contributed by atoms with Crippen molar-refractivity contribution >= 4 is 0 Å². The lowest BCUT2D eigenvalue weighted by atomic mass is 9.72. The van der Waals surface area contributed by atoms with Crippen LogP contribution in [0.4, 0.5) is 0 Å². The Labute approximate surface area is 272 Å². The van der Waals surface area contributed by atoms with Crippen molar-refractivity contribution in [1.29, 1.82) is 0 Å². The first-order chi connectivity index (χ1) is 21.6. The molecular formula is C39H60O6. The van der Waals surface area contributed by atoms with Crippen molar-refractivity contribution in [2.45, 2.75) is 135 Å². The third kappa shape index (κ3) is 8.48. The summed E-state index contributed by atoms with van der Waals surface area (Å²) >= 11 is 0. The van der Waals surface area contributed by atoms with Crippen molar-refractivity contribution < 1.29 is 29.2 Å². The van der Waals surface area contributed by atoms with E-state index in [0.717, 1.165) is 62.9 Å². The van der Waals surface area contributed by atoms with Crippen LogP contribution in [-0.2, 0) is 25.7 Å². The van der Waals surface area contributed by atoms with Gasteiger partial charge in [0.15, 0.2) is 23.0 Å². The Hall–Kier alpha value is -2.44. The second-order valence-electron chi connectivity index (χ2n) is 14.7. The molecule has 45 heavy (non-hydrogen) atoms. The van der Waals surface area contributed by atoms with Crippen molar-refractivity contribution in [3.05, 3.63) is 46.5 Å². The van der Waals surface area contributed by atoms with Crippen LogP contribution in [-0.4, -0.2) is 49.9 Å². The van der Waals surface area contributed by atoms with Crippen LogP contribution in [0.3, 0.4) is 0 Å². The van der Waals surface area contributed by atoms with Crippen LogP contribution >= 0.6 is 0 Å². The largest absolute Gasteiger partial charge is 0.504 e. The number of aromatic hydroxyl groups is 2. The van der Waals surface area contributed by atoms with Gasteiger partial charge in [0.05, 0.1) is 13.2 Å². The zero-order valence-electron chi connectivity index (χ0n) is 29.1. The van der Waals surface area contributed by atoms with Crippen LogP contribution in [0.1, 0.15) is 141 Å². The molecule has 0 saturated heterocycles. The number of phenolic OH excluding ortho intramolecular Hbond substituents is 2. The molecule has 0 radical (unpaired) electrons. The van der Waals surface area contributed by atoms with E-state index in [1.54, 1.807) is 0 Å². The molecule has 252 valence electrons. The maximum atomic E-state index is 11.2. The van der Waals surface area contributed by atoms with Crippen molar-refractivity contribution in [3.63, 3.8) is 0 Å². The van der Waals surface area contributed by atoms with E-state index in [0.29, 0.717) is 37.9 Å². The number of rotatable bonds is 20. The van der Waals surface area contributed by atoms with Crippen LogP contribution < -0.4 is 9.47 Å². The summed E-state index contributed by atoms with van der Waals surface area (Å²) in [5.74, 6) is 1.43. The number of hydrogen-bond acceptors (Lipinski definition) is 6. The Morgan fingerprint density at radius 1 is 0.511 bits per heavy atom. The number of hydrogen-bond donors (Lipinski definition) is 2. The SMILES string of the molecule is CCCCCCOCCCOc1cc2c(cc1O)C1(CC2(C)C)CC(C)(C)c2cc(OCCCOCCCCCC)c(O)cc21. The highest BCUT2D eigenvalue weighted by atomic mass is 16.5. The Kier molecular flexibility index (Phi) is 12.5. The molecule has 0 aromatic heterocycles. The predicted octanol–water partition coefficient (Wildman–Crippen LogP) is 9.48. The molecule has 2 N–H and O–H groups in total. The monoisotopic (exact) mass is 624 g/mol. The van der Waals surface area contributed by atoms with Gasteiger partial charge in [-0.05, 0) is 83.0 Å². The Morgan fingerprint density at radius 2 is 0.911 bits per heavy atom. The first-order valence-electron chi connectivity index (χ1n) is 17.7. The standard InChI is InChI=1S/C39H60O6/c1-7-9-11-13-17-42-19-15-21-44-35-25-29-31(23-33(35)40)39(27-37(29,3)4)28-38(5,6)30-26-36(34(41)24-32(30)39)45-22-16-20-43-18-14-12-10-8-2/h23-26,40-41H,7-22,27-28H2,1-6H3. The maximum Gasteiger partial charge on any atom is 0.161 e. The topological polar surface area (TPSA) is 77.4 Å². The molecule has 1 spiro atoms. The molecule has 0 bridgehead atoms. The summed E-state index contributed by atoms with van der Waals surface area (Å²) < 4.78 is 23.7. The molecule has 6 heteroatoms. The fourth-order valence-corrected chi connectivity index (χ4v) is 7.72. The lowest BCUT2D eigenvalue weighted by Gasteiger charge is -2.30. The third-order valence-corrected chi connectivity index (χ3v) is 9.84. The Bertz CT molecular complexity index is 1140. The summed E-state index contributed by atoms with van der Waals surface area (Å²) in [5, 5.41) is 22.3. The quantitative estimate of drug-likeness (QED) is 0.143. The summed E-state index contributed by atoms with van der Waals surface area (Å²) in [6, 6.07) is 7.97. The molecular weight excluding hydrogens is 564 g/mol. The zero-order valence-corrected chi connectivity index (χ0v) is 29.1. The molecule has 2 aromatic rings. The van der Waals surface area contributed by atoms with E-state index in [-0.39, 0.29) is 27.7 Å². The molecule has 2 aromatic carbocycles. The average Bonchev–Trinajstić information content (AvgIpc) is 3.33. The van der Waals surface area contributed by atoms with Gasteiger partial charge in [-0.2, -0.15) is 0 Å². The molecule has 0 aliphatic heterocycles. The molecule has 0 unspecified atom stereocenters. The lowest BCUT2D eigenvalue weighted by molar-refractivity contribution is 0.115. The number of fused-ring (bicyclic) bond motifs is 4. The summed E-state index contributed by atoms with van der Waals surface area (Å²) in [5.41, 5.74) is 4.15. The minimum atomic E-state index is -0.305. The van der Waals surface area contributed by atoms with Gasteiger partial charge in [-0.25, -0.2) is 0 Å². The van der Waals surface area contributed by atoms with Crippen molar-refractivity contribution in [3.8, 4) is 23.0 Å². The van der Waals surface area contributed by atoms with E-state index in [9.17, 15) is 10.2 Å². The molecule has 0 saturated carbocycles. The number of benzene rings is 2. The Balaban J connectivity index is 1.43. The van der Waals surface area contributed by atoms with Crippen LogP contribution in [0, 0.1) is 0 Å². The predicted molar refractivity (Wildman–Crippen MR) is 182 cm³/mol. The van der Waals surface area contributed by atoms with Gasteiger partial charge in [0, 0.05) is 44.7 Å². The van der Waals surface area contributed by atoms with Crippen LogP contribution in [0.5, 0.6) is 23.0 Å². The van der Waals surface area contributed by atoms with Gasteiger partial charge >= 0.3 is 0 Å². The average molecular weight is 625 g/mol. The molecule has 0 amide bonds. The van der Waals surface area contributed by atoms with Gasteiger partial charge in [0.1, 0.15) is 0 Å². The third-order valence-electron chi connectivity index (χ3n) is 9.84. The summed E-state index contributed by atoms with van der Waals surface area (Å²) in [6.07, 6.45) is 13.0. The van der Waals surface area contributed by atoms with E-state index in [1.165, 1.54) is 49.7 Å². The van der Waals surface area contributed by atoms with Gasteiger partial charge in [-0.3, -0.25) is 0 Å². The normalized spacial score (nSPS) is 17.0. The zero-order chi connectivity index (χ0) is 32.5. The Morgan fingerprint density at radius 3 is 1.31 bits per heavy atom. The van der Waals surface area contributed by atoms with Gasteiger partial charge in [-0.15, -0.1) is 0 Å². The highest BCUT2D eigenvalue weighted by Gasteiger charge is 2.57. The molecule has 0 fully saturated rings. The first-order valence-corrected chi connectivity index (χ1v) is 17.7. The minimum Gasteiger partial charge on any atom is -0.504 e. The van der Waals surface area contributed by atoms with Gasteiger partial charge in [0.2, 0.25) is 0 Å². The van der Waals surface area contributed by atoms with E-state index in [1.807, 2.05) is 12.1 Å². The van der Waals surface area contributed by atoms with Crippen LogP contribution in [0.15, 0.2) is 24.3 Å². The van der Waals surface area contributed by atoms with Gasteiger partial charge in [-0.1, -0.05) is 80.1 Å². The number of unbranched alkanes of at least 4 members (excludes halogenated alkanes) is 6. The number of ether oxygens (including phenoxy) is 4. The lowest BCUT2D eigenvalue weighted by Crippen LogP contribution is -2.26. The van der Waals surface area contributed by atoms with Crippen molar-refractivity contribution in [2.24, 2.45) is 0 Å². The van der Waals surface area contributed by atoms with Crippen molar-refractivity contribution in [2.75, 3.05) is 39.6 Å². The molecule has 4 rings (SSSR count). The minimum absolute atomic E-state index is 0.123. The highest BCUT2D eigenvalue weighted by molar-refractivity contribution is 5.65.